The van der Waals surface area contributed by atoms with Crippen molar-refractivity contribution in [1.82, 2.24) is 30.6 Å². The Labute approximate surface area is 306 Å². The van der Waals surface area contributed by atoms with Crippen LogP contribution >= 0.6 is 0 Å². The zero-order chi connectivity index (χ0) is 38.1. The van der Waals surface area contributed by atoms with E-state index in [2.05, 4.69) is 32.2 Å². The molecule has 3 aliphatic rings. The molecule has 1 aliphatic heterocycles. The first-order chi connectivity index (χ1) is 25.1. The molecule has 3 aromatic rings. The van der Waals surface area contributed by atoms with Gasteiger partial charge < -0.3 is 30.3 Å². The van der Waals surface area contributed by atoms with Crippen molar-refractivity contribution in [3.8, 4) is 11.6 Å². The van der Waals surface area contributed by atoms with Crippen LogP contribution in [0, 0.1) is 11.7 Å². The maximum Gasteiger partial charge on any atom is 0.315 e. The van der Waals surface area contributed by atoms with Crippen molar-refractivity contribution < 1.29 is 41.5 Å². The van der Waals surface area contributed by atoms with E-state index in [9.17, 15) is 32.0 Å². The highest BCUT2D eigenvalue weighted by Crippen LogP contribution is 2.45. The van der Waals surface area contributed by atoms with Gasteiger partial charge in [-0.05, 0) is 86.9 Å². The number of amides is 5. The average Bonchev–Trinajstić information content (AvgIpc) is 4.04. The van der Waals surface area contributed by atoms with Crippen LogP contribution in [0.4, 0.5) is 9.18 Å². The summed E-state index contributed by atoms with van der Waals surface area (Å²) in [7, 11) is -2.34. The van der Waals surface area contributed by atoms with E-state index in [4.69, 9.17) is 9.47 Å². The van der Waals surface area contributed by atoms with Crippen molar-refractivity contribution in [2.24, 2.45) is 5.92 Å². The molecule has 2 aliphatic carbocycles. The topological polar surface area (TPSA) is 185 Å². The largest absolute Gasteiger partial charge is 0.497 e. The highest BCUT2D eigenvalue weighted by molar-refractivity contribution is 7.91. The number of nitrogens with one attached hydrogen (secondary N) is 4. The number of hydrogen-bond donors (Lipinski definition) is 4. The molecular weight excluding hydrogens is 708 g/mol. The number of benzene rings is 2. The monoisotopic (exact) mass is 750 g/mol. The van der Waals surface area contributed by atoms with E-state index in [1.165, 1.54) is 23.1 Å². The van der Waals surface area contributed by atoms with Gasteiger partial charge in [0.05, 0.1) is 25.4 Å². The van der Waals surface area contributed by atoms with Gasteiger partial charge in [-0.3, -0.25) is 19.1 Å². The van der Waals surface area contributed by atoms with Gasteiger partial charge in [-0.15, -0.1) is 6.58 Å². The number of sulfonamides is 1. The van der Waals surface area contributed by atoms with Gasteiger partial charge in [0.1, 0.15) is 29.3 Å². The third-order valence-electron chi connectivity index (χ3n) is 9.76. The Hall–Kier alpha value is -5.25. The second-order valence-electron chi connectivity index (χ2n) is 14.4. The van der Waals surface area contributed by atoms with Crippen LogP contribution in [-0.2, 0) is 30.8 Å². The van der Waals surface area contributed by atoms with E-state index in [1.807, 2.05) is 6.07 Å². The van der Waals surface area contributed by atoms with Crippen molar-refractivity contribution in [3.05, 3.63) is 78.8 Å². The molecule has 0 spiro atoms. The fourth-order valence-electron chi connectivity index (χ4n) is 6.70. The first-order valence-corrected chi connectivity index (χ1v) is 18.9. The van der Waals surface area contributed by atoms with Crippen molar-refractivity contribution in [3.63, 3.8) is 0 Å². The lowest BCUT2D eigenvalue weighted by molar-refractivity contribution is -0.139. The molecular formula is C37H43FN6O8S. The maximum absolute atomic E-state index is 14.0. The molecule has 14 nitrogen and oxygen atoms in total. The summed E-state index contributed by atoms with van der Waals surface area (Å²) in [5.41, 5.74) is -1.52. The van der Waals surface area contributed by atoms with Gasteiger partial charge in [0.15, 0.2) is 0 Å². The number of fused-ring (bicyclic) bond motifs is 1. The summed E-state index contributed by atoms with van der Waals surface area (Å²) in [6.45, 7) is 6.79. The molecule has 2 aromatic carbocycles. The summed E-state index contributed by atoms with van der Waals surface area (Å²) in [6.07, 6.45) is 3.77. The zero-order valence-corrected chi connectivity index (χ0v) is 30.5. The van der Waals surface area contributed by atoms with Crippen LogP contribution < -0.4 is 30.1 Å². The van der Waals surface area contributed by atoms with Crippen LogP contribution in [0.1, 0.15) is 45.1 Å². The molecule has 0 radical (unpaired) electrons. The number of halogens is 1. The summed E-state index contributed by atoms with van der Waals surface area (Å²) in [5, 5.41) is 8.95. The molecule has 0 unspecified atom stereocenters. The minimum absolute atomic E-state index is 0.0134. The van der Waals surface area contributed by atoms with Gasteiger partial charge in [0, 0.05) is 29.5 Å². The van der Waals surface area contributed by atoms with Crippen molar-refractivity contribution >= 4 is 44.5 Å². The summed E-state index contributed by atoms with van der Waals surface area (Å²) in [6, 6.07) is 11.3. The normalized spacial score (nSPS) is 22.4. The van der Waals surface area contributed by atoms with Crippen LogP contribution in [0.2, 0.25) is 0 Å². The summed E-state index contributed by atoms with van der Waals surface area (Å²) < 4.78 is 52.3. The maximum atomic E-state index is 14.0. The number of methoxy groups -OCH3 is 1. The molecule has 5 amide bonds. The molecule has 2 saturated carbocycles. The molecule has 53 heavy (non-hydrogen) atoms. The molecule has 4 N–H and O–H groups in total. The number of hydrogen-bond acceptors (Lipinski definition) is 9. The molecule has 6 rings (SSSR count). The van der Waals surface area contributed by atoms with Crippen molar-refractivity contribution in [1.29, 1.82) is 0 Å². The van der Waals surface area contributed by atoms with E-state index in [0.29, 0.717) is 30.4 Å². The number of urea groups is 1. The van der Waals surface area contributed by atoms with E-state index >= 15 is 0 Å². The summed E-state index contributed by atoms with van der Waals surface area (Å²) in [4.78, 5) is 59.7. The lowest BCUT2D eigenvalue weighted by Gasteiger charge is -2.28. The van der Waals surface area contributed by atoms with Crippen molar-refractivity contribution in [2.75, 3.05) is 20.2 Å². The van der Waals surface area contributed by atoms with Gasteiger partial charge in [0.25, 0.3) is 5.91 Å². The van der Waals surface area contributed by atoms with E-state index < -0.39 is 74.7 Å². The predicted octanol–water partition coefficient (Wildman–Crippen LogP) is 2.72. The lowest BCUT2D eigenvalue weighted by Crippen LogP contribution is -2.57. The van der Waals surface area contributed by atoms with Gasteiger partial charge in [0.2, 0.25) is 27.7 Å². The van der Waals surface area contributed by atoms with Crippen LogP contribution in [0.25, 0.3) is 10.8 Å². The third-order valence-corrected chi connectivity index (χ3v) is 11.6. The quantitative estimate of drug-likeness (QED) is 0.180. The number of rotatable bonds is 14. The van der Waals surface area contributed by atoms with Gasteiger partial charge >= 0.3 is 6.03 Å². The Kier molecular flexibility index (Phi) is 10.4. The molecule has 4 atom stereocenters. The van der Waals surface area contributed by atoms with E-state index in [-0.39, 0.29) is 31.1 Å². The minimum atomic E-state index is -3.90. The van der Waals surface area contributed by atoms with Crippen LogP contribution in [0.5, 0.6) is 11.6 Å². The molecule has 0 bridgehead atoms. The second-order valence-corrected chi connectivity index (χ2v) is 16.4. The first kappa shape index (κ1) is 37.5. The Morgan fingerprint density at radius 1 is 1.11 bits per heavy atom. The third kappa shape index (κ3) is 8.53. The molecule has 3 fully saturated rings. The minimum Gasteiger partial charge on any atom is -0.497 e. The number of nitrogens with zero attached hydrogens (tertiary/aromatic N) is 2. The number of likely N-dealkylation sites (tertiary alicyclic amines) is 1. The smallest absolute Gasteiger partial charge is 0.315 e. The van der Waals surface area contributed by atoms with Crippen LogP contribution in [-0.4, -0.2) is 90.7 Å². The van der Waals surface area contributed by atoms with Crippen molar-refractivity contribution in [2.45, 2.75) is 74.4 Å². The highest BCUT2D eigenvalue weighted by atomic mass is 32.2. The SMILES string of the molecule is C=C[C@@H]1C[C@]1(NC(=O)[C@@H]1C[C@@H](Oc2nccc3cc(OC)ccc23)CN1C(=O)CNC(=O)NC(C)(C)Cc1ccc(F)cc1)C(=O)NS(=O)(=O)C1CC1. The average molecular weight is 751 g/mol. The Balaban J connectivity index is 1.17. The van der Waals surface area contributed by atoms with E-state index in [1.54, 1.807) is 57.5 Å². The highest BCUT2D eigenvalue weighted by Gasteiger charge is 2.62. The number of carbonyl (C=O) groups is 4. The second kappa shape index (κ2) is 14.6. The van der Waals surface area contributed by atoms with Gasteiger partial charge in [-0.25, -0.2) is 22.6 Å². The molecule has 16 heteroatoms. The summed E-state index contributed by atoms with van der Waals surface area (Å²) >= 11 is 0. The summed E-state index contributed by atoms with van der Waals surface area (Å²) in [5.74, 6) is -2.12. The molecule has 1 saturated heterocycles. The first-order valence-electron chi connectivity index (χ1n) is 17.3. The fourth-order valence-corrected chi connectivity index (χ4v) is 8.06. The van der Waals surface area contributed by atoms with Crippen LogP contribution in [0.15, 0.2) is 67.4 Å². The number of ether oxygens (including phenoxy) is 2. The zero-order valence-electron chi connectivity index (χ0n) is 29.7. The van der Waals surface area contributed by atoms with Gasteiger partial charge in [-0.2, -0.15) is 0 Å². The Morgan fingerprint density at radius 2 is 1.85 bits per heavy atom. The molecule has 2 heterocycles. The number of aromatic nitrogens is 1. The Bertz CT molecular complexity index is 2040. The number of pyridine rings is 1. The predicted molar refractivity (Wildman–Crippen MR) is 193 cm³/mol. The fraction of sp³-hybridized carbons (Fsp3) is 0.432. The van der Waals surface area contributed by atoms with E-state index in [0.717, 1.165) is 10.9 Å². The standard InChI is InChI=1S/C37H43FN6O8S/c1-5-24-19-37(24,34(47)43-53(49,50)28-11-12-28)41-32(46)30-17-27(52-33-29-13-10-26(51-4)16-23(29)14-15-39-33)21-44(30)31(45)20-40-35(48)42-36(2,3)18-22-6-8-25(38)9-7-22/h5-10,13-16,24,27-28,30H,1,11-12,17-21H2,2-4H3,(H,41,46)(H,43,47)(H2,40,42,48)/t24-,27-,30+,37-/m1/s1. The number of carbonyl (C=O) groups excluding carboxylic acids is 4. The molecule has 282 valence electrons. The molecule has 1 aromatic heterocycles. The Morgan fingerprint density at radius 3 is 2.51 bits per heavy atom. The van der Waals surface area contributed by atoms with Crippen LogP contribution in [0.3, 0.4) is 0 Å². The van der Waals surface area contributed by atoms with Gasteiger partial charge in [-0.1, -0.05) is 18.2 Å². The lowest BCUT2D eigenvalue weighted by atomic mass is 9.95.